The summed E-state index contributed by atoms with van der Waals surface area (Å²) < 4.78 is 40.0. The molecule has 1 heterocycles. The van der Waals surface area contributed by atoms with Crippen LogP contribution in [0.2, 0.25) is 0 Å². The molecule has 0 radical (unpaired) electrons. The molecule has 2 aromatic rings. The Morgan fingerprint density at radius 1 is 1.27 bits per heavy atom. The molecule has 1 N–H and O–H groups in total. The molecule has 0 aliphatic heterocycles. The van der Waals surface area contributed by atoms with Crippen molar-refractivity contribution in [2.75, 3.05) is 0 Å². The zero-order valence-corrected chi connectivity index (χ0v) is 12.5. The van der Waals surface area contributed by atoms with Crippen LogP contribution in [0.15, 0.2) is 24.3 Å². The van der Waals surface area contributed by atoms with Gasteiger partial charge >= 0.3 is 6.36 Å². The first kappa shape index (κ1) is 16.2. The standard InChI is InChI=1S/C13H12F3N3O2S/c1-7(17-11(20)12-19-18-8(2)22-12)9-3-5-10(6-4-9)21-13(14,15)16/h3-7H,1-2H3,(H,17,20)/t7-/m0/s1. The number of aromatic nitrogens is 2. The maximum atomic E-state index is 12.1. The molecule has 0 aliphatic carbocycles. The van der Waals surface area contributed by atoms with Crippen molar-refractivity contribution in [2.45, 2.75) is 26.3 Å². The van der Waals surface area contributed by atoms with Gasteiger partial charge in [0.1, 0.15) is 10.8 Å². The summed E-state index contributed by atoms with van der Waals surface area (Å²) in [6.07, 6.45) is -4.73. The number of carbonyl (C=O) groups excluding carboxylic acids is 1. The van der Waals surface area contributed by atoms with Crippen molar-refractivity contribution in [3.05, 3.63) is 39.8 Å². The highest BCUT2D eigenvalue weighted by Crippen LogP contribution is 2.24. The lowest BCUT2D eigenvalue weighted by Gasteiger charge is -2.14. The number of benzene rings is 1. The lowest BCUT2D eigenvalue weighted by Crippen LogP contribution is -2.26. The van der Waals surface area contributed by atoms with Crippen LogP contribution in [-0.2, 0) is 0 Å². The van der Waals surface area contributed by atoms with Gasteiger partial charge in [0.15, 0.2) is 0 Å². The van der Waals surface area contributed by atoms with E-state index in [-0.39, 0.29) is 16.7 Å². The molecule has 0 unspecified atom stereocenters. The number of hydrogen-bond acceptors (Lipinski definition) is 5. The molecule has 0 saturated carbocycles. The normalized spacial score (nSPS) is 12.8. The van der Waals surface area contributed by atoms with E-state index in [1.165, 1.54) is 24.3 Å². The molecule has 118 valence electrons. The number of hydrogen-bond donors (Lipinski definition) is 1. The predicted molar refractivity (Wildman–Crippen MR) is 73.7 cm³/mol. The van der Waals surface area contributed by atoms with Crippen molar-refractivity contribution >= 4 is 17.2 Å². The summed E-state index contributed by atoms with van der Waals surface area (Å²) in [5.74, 6) is -0.691. The van der Waals surface area contributed by atoms with Gasteiger partial charge in [-0.3, -0.25) is 4.79 Å². The molecule has 0 fully saturated rings. The number of nitrogens with zero attached hydrogens (tertiary/aromatic N) is 2. The number of aryl methyl sites for hydroxylation is 1. The molecular formula is C13H12F3N3O2S. The second-order valence-corrected chi connectivity index (χ2v) is 5.62. The minimum atomic E-state index is -4.73. The van der Waals surface area contributed by atoms with E-state index in [0.29, 0.717) is 10.6 Å². The molecule has 22 heavy (non-hydrogen) atoms. The zero-order chi connectivity index (χ0) is 16.3. The van der Waals surface area contributed by atoms with Gasteiger partial charge in [-0.1, -0.05) is 23.5 Å². The molecule has 0 bridgehead atoms. The Morgan fingerprint density at radius 2 is 1.91 bits per heavy atom. The minimum Gasteiger partial charge on any atom is -0.406 e. The summed E-state index contributed by atoms with van der Waals surface area (Å²) in [5, 5.41) is 11.1. The molecule has 0 spiro atoms. The Kier molecular flexibility index (Phi) is 4.65. The van der Waals surface area contributed by atoms with Gasteiger partial charge in [0.2, 0.25) is 5.01 Å². The highest BCUT2D eigenvalue weighted by molar-refractivity contribution is 7.13. The molecule has 0 aliphatic rings. The maximum Gasteiger partial charge on any atom is 0.573 e. The molecule has 0 saturated heterocycles. The minimum absolute atomic E-state index is 0.237. The molecule has 1 aromatic heterocycles. The third-order valence-electron chi connectivity index (χ3n) is 2.68. The van der Waals surface area contributed by atoms with Gasteiger partial charge in [-0.15, -0.1) is 23.4 Å². The van der Waals surface area contributed by atoms with Crippen molar-refractivity contribution < 1.29 is 22.7 Å². The van der Waals surface area contributed by atoms with E-state index in [2.05, 4.69) is 20.3 Å². The average molecular weight is 331 g/mol. The summed E-state index contributed by atoms with van der Waals surface area (Å²) in [7, 11) is 0. The fourth-order valence-corrected chi connectivity index (χ4v) is 2.28. The van der Waals surface area contributed by atoms with Crippen LogP contribution >= 0.6 is 11.3 Å². The molecule has 2 rings (SSSR count). The molecule has 1 aromatic carbocycles. The van der Waals surface area contributed by atoms with E-state index in [9.17, 15) is 18.0 Å². The van der Waals surface area contributed by atoms with Crippen molar-refractivity contribution in [3.8, 4) is 5.75 Å². The van der Waals surface area contributed by atoms with Crippen molar-refractivity contribution in [3.63, 3.8) is 0 Å². The fourth-order valence-electron chi connectivity index (χ4n) is 1.69. The summed E-state index contributed by atoms with van der Waals surface area (Å²) in [6, 6.07) is 4.91. The Bertz CT molecular complexity index is 655. The second kappa shape index (κ2) is 6.30. The van der Waals surface area contributed by atoms with Crippen LogP contribution in [0.3, 0.4) is 0 Å². The monoisotopic (exact) mass is 331 g/mol. The number of rotatable bonds is 4. The van der Waals surface area contributed by atoms with Gasteiger partial charge in [0, 0.05) is 0 Å². The van der Waals surface area contributed by atoms with E-state index < -0.39 is 12.4 Å². The van der Waals surface area contributed by atoms with Crippen LogP contribution in [0.5, 0.6) is 5.75 Å². The first-order valence-electron chi connectivity index (χ1n) is 6.21. The highest BCUT2D eigenvalue weighted by Gasteiger charge is 2.31. The van der Waals surface area contributed by atoms with Gasteiger partial charge < -0.3 is 10.1 Å². The third-order valence-corrected chi connectivity index (χ3v) is 3.52. The Morgan fingerprint density at radius 3 is 2.41 bits per heavy atom. The summed E-state index contributed by atoms with van der Waals surface area (Å²) >= 11 is 1.16. The van der Waals surface area contributed by atoms with Crippen molar-refractivity contribution in [1.29, 1.82) is 0 Å². The average Bonchev–Trinajstić information content (AvgIpc) is 2.84. The molecule has 1 amide bonds. The van der Waals surface area contributed by atoms with E-state index >= 15 is 0 Å². The van der Waals surface area contributed by atoms with E-state index in [1.54, 1.807) is 13.8 Å². The maximum absolute atomic E-state index is 12.1. The zero-order valence-electron chi connectivity index (χ0n) is 11.6. The lowest BCUT2D eigenvalue weighted by molar-refractivity contribution is -0.274. The summed E-state index contributed by atoms with van der Waals surface area (Å²) in [6.45, 7) is 3.45. The fraction of sp³-hybridized carbons (Fsp3) is 0.308. The Balaban J connectivity index is 2.00. The quantitative estimate of drug-likeness (QED) is 0.934. The highest BCUT2D eigenvalue weighted by atomic mass is 32.1. The van der Waals surface area contributed by atoms with Gasteiger partial charge in [-0.2, -0.15) is 0 Å². The number of alkyl halides is 3. The number of halogens is 3. The van der Waals surface area contributed by atoms with E-state index in [0.717, 1.165) is 11.3 Å². The SMILES string of the molecule is Cc1nnc(C(=O)N[C@@H](C)c2ccc(OC(F)(F)F)cc2)s1. The van der Waals surface area contributed by atoms with Crippen LogP contribution in [0, 0.1) is 6.92 Å². The number of amides is 1. The topological polar surface area (TPSA) is 64.1 Å². The van der Waals surface area contributed by atoms with Gasteiger partial charge in [0.25, 0.3) is 5.91 Å². The number of carbonyl (C=O) groups is 1. The van der Waals surface area contributed by atoms with Crippen LogP contribution in [-0.4, -0.2) is 22.5 Å². The summed E-state index contributed by atoms with van der Waals surface area (Å²) in [5.41, 5.74) is 0.643. The number of nitrogens with one attached hydrogen (secondary N) is 1. The molecule has 5 nitrogen and oxygen atoms in total. The van der Waals surface area contributed by atoms with Crippen LogP contribution in [0.1, 0.15) is 33.3 Å². The van der Waals surface area contributed by atoms with Crippen LogP contribution in [0.25, 0.3) is 0 Å². The molecule has 1 atom stereocenters. The largest absolute Gasteiger partial charge is 0.573 e. The number of ether oxygens (including phenoxy) is 1. The van der Waals surface area contributed by atoms with Crippen molar-refractivity contribution in [1.82, 2.24) is 15.5 Å². The van der Waals surface area contributed by atoms with Crippen LogP contribution in [0.4, 0.5) is 13.2 Å². The lowest BCUT2D eigenvalue weighted by atomic mass is 10.1. The van der Waals surface area contributed by atoms with E-state index in [4.69, 9.17) is 0 Å². The Hall–Kier alpha value is -2.16. The van der Waals surface area contributed by atoms with Gasteiger partial charge in [-0.25, -0.2) is 0 Å². The first-order chi connectivity index (χ1) is 10.2. The molecule has 9 heteroatoms. The van der Waals surface area contributed by atoms with Gasteiger partial charge in [-0.05, 0) is 31.5 Å². The first-order valence-corrected chi connectivity index (χ1v) is 7.03. The van der Waals surface area contributed by atoms with Crippen LogP contribution < -0.4 is 10.1 Å². The van der Waals surface area contributed by atoms with Gasteiger partial charge in [0.05, 0.1) is 6.04 Å². The summed E-state index contributed by atoms with van der Waals surface area (Å²) in [4.78, 5) is 11.9. The third kappa shape index (κ3) is 4.42. The van der Waals surface area contributed by atoms with Crippen molar-refractivity contribution in [2.24, 2.45) is 0 Å². The van der Waals surface area contributed by atoms with E-state index in [1.807, 2.05) is 0 Å². The second-order valence-electron chi connectivity index (χ2n) is 4.44. The smallest absolute Gasteiger partial charge is 0.406 e. The predicted octanol–water partition coefficient (Wildman–Crippen LogP) is 3.24. The Labute approximate surface area is 128 Å². The molecular weight excluding hydrogens is 319 g/mol.